The van der Waals surface area contributed by atoms with Gasteiger partial charge in [-0.3, -0.25) is 10.1 Å². The van der Waals surface area contributed by atoms with Gasteiger partial charge in [-0.2, -0.15) is 0 Å². The number of hydrogen-bond donors (Lipinski definition) is 1. The number of hydrogen-bond acceptors (Lipinski definition) is 4. The van der Waals surface area contributed by atoms with Crippen LogP contribution in [-0.2, 0) is 6.61 Å². The molecule has 0 aliphatic rings. The van der Waals surface area contributed by atoms with Gasteiger partial charge in [0.1, 0.15) is 6.61 Å². The molecule has 0 heterocycles. The molecule has 0 aliphatic carbocycles. The highest BCUT2D eigenvalue weighted by molar-refractivity contribution is 5.88. The summed E-state index contributed by atoms with van der Waals surface area (Å²) in [5.74, 6) is -1.22. The molecule has 0 unspecified atom stereocenters. The largest absolute Gasteiger partial charge is 0.482 e. The van der Waals surface area contributed by atoms with Crippen molar-refractivity contribution in [1.29, 1.82) is 0 Å². The highest BCUT2D eigenvalue weighted by Crippen LogP contribution is 2.28. The van der Waals surface area contributed by atoms with E-state index in [0.717, 1.165) is 23.3 Å². The molecule has 0 saturated carbocycles. The maximum Gasteiger partial charge on any atom is 0.335 e. The van der Waals surface area contributed by atoms with E-state index >= 15 is 0 Å². The normalized spacial score (nSPS) is 10.1. The number of carboxylic acids is 1. The Hall–Kier alpha value is -2.89. The second kappa shape index (κ2) is 6.04. The average molecular weight is 287 g/mol. The van der Waals surface area contributed by atoms with Crippen LogP contribution in [0.2, 0.25) is 0 Å². The topological polar surface area (TPSA) is 89.7 Å². The van der Waals surface area contributed by atoms with Gasteiger partial charge in [0.05, 0.1) is 10.5 Å². The van der Waals surface area contributed by atoms with E-state index in [-0.39, 0.29) is 23.6 Å². The smallest absolute Gasteiger partial charge is 0.335 e. The van der Waals surface area contributed by atoms with Crippen molar-refractivity contribution in [3.05, 3.63) is 69.3 Å². The second-order valence-electron chi connectivity index (χ2n) is 4.52. The van der Waals surface area contributed by atoms with E-state index in [1.165, 1.54) is 6.07 Å². The summed E-state index contributed by atoms with van der Waals surface area (Å²) >= 11 is 0. The van der Waals surface area contributed by atoms with Gasteiger partial charge in [0.25, 0.3) is 0 Å². The minimum atomic E-state index is -1.16. The molecule has 0 aromatic heterocycles. The summed E-state index contributed by atoms with van der Waals surface area (Å²) in [6.45, 7) is 2.08. The lowest BCUT2D eigenvalue weighted by Gasteiger charge is -2.08. The molecule has 2 aromatic rings. The molecule has 0 fully saturated rings. The van der Waals surface area contributed by atoms with Crippen LogP contribution in [0.1, 0.15) is 21.5 Å². The number of benzene rings is 2. The van der Waals surface area contributed by atoms with Gasteiger partial charge in [-0.15, -0.1) is 0 Å². The molecular formula is C15H13NO5. The number of nitrogens with zero attached hydrogens (tertiary/aromatic N) is 1. The summed E-state index contributed by atoms with van der Waals surface area (Å²) in [5, 5.41) is 19.9. The zero-order chi connectivity index (χ0) is 15.4. The predicted molar refractivity (Wildman–Crippen MR) is 75.6 cm³/mol. The van der Waals surface area contributed by atoms with Crippen LogP contribution in [0.15, 0.2) is 42.5 Å². The SMILES string of the molecule is Cc1ccc(COc2cc(C(=O)O)ccc2[N+](=O)[O-])cc1. The molecule has 2 rings (SSSR count). The molecule has 0 bridgehead atoms. The molecule has 2 aromatic carbocycles. The summed E-state index contributed by atoms with van der Waals surface area (Å²) < 4.78 is 5.41. The molecule has 6 nitrogen and oxygen atoms in total. The quantitative estimate of drug-likeness (QED) is 0.673. The highest BCUT2D eigenvalue weighted by Gasteiger charge is 2.18. The molecule has 0 amide bonds. The summed E-state index contributed by atoms with van der Waals surface area (Å²) in [7, 11) is 0. The number of nitro benzene ring substituents is 1. The molecule has 0 aliphatic heterocycles. The first-order valence-corrected chi connectivity index (χ1v) is 6.17. The van der Waals surface area contributed by atoms with Crippen molar-refractivity contribution in [2.75, 3.05) is 0 Å². The maximum atomic E-state index is 10.9. The van der Waals surface area contributed by atoms with Crippen LogP contribution in [0.3, 0.4) is 0 Å². The lowest BCUT2D eigenvalue weighted by atomic mass is 10.1. The van der Waals surface area contributed by atoms with Crippen LogP contribution >= 0.6 is 0 Å². The molecule has 108 valence electrons. The lowest BCUT2D eigenvalue weighted by molar-refractivity contribution is -0.385. The van der Waals surface area contributed by atoms with Crippen molar-refractivity contribution in [1.82, 2.24) is 0 Å². The van der Waals surface area contributed by atoms with Crippen molar-refractivity contribution in [3.8, 4) is 5.75 Å². The van der Waals surface area contributed by atoms with Gasteiger partial charge in [-0.25, -0.2) is 4.79 Å². The first-order valence-electron chi connectivity index (χ1n) is 6.17. The summed E-state index contributed by atoms with van der Waals surface area (Å²) in [5.41, 5.74) is 1.62. The van der Waals surface area contributed by atoms with Gasteiger partial charge in [0.2, 0.25) is 0 Å². The van der Waals surface area contributed by atoms with E-state index in [2.05, 4.69) is 0 Å². The summed E-state index contributed by atoms with van der Waals surface area (Å²) in [4.78, 5) is 21.3. The van der Waals surface area contributed by atoms with Gasteiger partial charge < -0.3 is 9.84 Å². The maximum absolute atomic E-state index is 10.9. The molecular weight excluding hydrogens is 274 g/mol. The van der Waals surface area contributed by atoms with Gasteiger partial charge in [-0.05, 0) is 18.6 Å². The van der Waals surface area contributed by atoms with E-state index in [4.69, 9.17) is 9.84 Å². The zero-order valence-electron chi connectivity index (χ0n) is 11.3. The molecule has 1 N–H and O–H groups in total. The van der Waals surface area contributed by atoms with Gasteiger partial charge in [0, 0.05) is 12.1 Å². The first-order chi connectivity index (χ1) is 9.97. The van der Waals surface area contributed by atoms with Crippen molar-refractivity contribution >= 4 is 11.7 Å². The number of nitro groups is 1. The van der Waals surface area contributed by atoms with E-state index in [0.29, 0.717) is 0 Å². The number of aryl methyl sites for hydroxylation is 1. The Morgan fingerprint density at radius 1 is 1.24 bits per heavy atom. The monoisotopic (exact) mass is 287 g/mol. The van der Waals surface area contributed by atoms with Crippen LogP contribution in [0, 0.1) is 17.0 Å². The predicted octanol–water partition coefficient (Wildman–Crippen LogP) is 3.18. The number of carboxylic acid groups (broad SMARTS) is 1. The number of ether oxygens (including phenoxy) is 1. The number of rotatable bonds is 5. The van der Waals surface area contributed by atoms with Crippen LogP contribution in [0.5, 0.6) is 5.75 Å². The Balaban J connectivity index is 2.24. The van der Waals surface area contributed by atoms with E-state index in [1.807, 2.05) is 31.2 Å². The lowest BCUT2D eigenvalue weighted by Crippen LogP contribution is -2.02. The molecule has 0 atom stereocenters. The number of aromatic carboxylic acids is 1. The minimum absolute atomic E-state index is 0.0551. The number of carbonyl (C=O) groups is 1. The first kappa shape index (κ1) is 14.5. The molecule has 0 saturated heterocycles. The minimum Gasteiger partial charge on any atom is -0.482 e. The standard InChI is InChI=1S/C15H13NO5/c1-10-2-4-11(5-3-10)9-21-14-8-12(15(17)18)6-7-13(14)16(19)20/h2-8H,9H2,1H3,(H,17,18). The van der Waals surface area contributed by atoms with Crippen LogP contribution in [-0.4, -0.2) is 16.0 Å². The molecule has 0 radical (unpaired) electrons. The average Bonchev–Trinajstić information content (AvgIpc) is 2.46. The zero-order valence-corrected chi connectivity index (χ0v) is 11.3. The Kier molecular flexibility index (Phi) is 4.18. The van der Waals surface area contributed by atoms with E-state index in [9.17, 15) is 14.9 Å². The van der Waals surface area contributed by atoms with Crippen molar-refractivity contribution in [2.24, 2.45) is 0 Å². The third kappa shape index (κ3) is 3.56. The van der Waals surface area contributed by atoms with Crippen LogP contribution in [0.4, 0.5) is 5.69 Å². The van der Waals surface area contributed by atoms with E-state index < -0.39 is 10.9 Å². The van der Waals surface area contributed by atoms with Gasteiger partial charge >= 0.3 is 11.7 Å². The Labute approximate surface area is 120 Å². The Morgan fingerprint density at radius 2 is 1.90 bits per heavy atom. The fourth-order valence-corrected chi connectivity index (χ4v) is 1.76. The van der Waals surface area contributed by atoms with Crippen LogP contribution in [0.25, 0.3) is 0 Å². The fraction of sp³-hybridized carbons (Fsp3) is 0.133. The van der Waals surface area contributed by atoms with Crippen molar-refractivity contribution < 1.29 is 19.6 Å². The molecule has 0 spiro atoms. The second-order valence-corrected chi connectivity index (χ2v) is 4.52. The Morgan fingerprint density at radius 3 is 2.48 bits per heavy atom. The summed E-state index contributed by atoms with van der Waals surface area (Å²) in [6, 6.07) is 11.0. The van der Waals surface area contributed by atoms with E-state index in [1.54, 1.807) is 0 Å². The van der Waals surface area contributed by atoms with Crippen molar-refractivity contribution in [2.45, 2.75) is 13.5 Å². The molecule has 21 heavy (non-hydrogen) atoms. The third-order valence-electron chi connectivity index (χ3n) is 2.92. The highest BCUT2D eigenvalue weighted by atomic mass is 16.6. The van der Waals surface area contributed by atoms with Gasteiger partial charge in [-0.1, -0.05) is 29.8 Å². The summed E-state index contributed by atoms with van der Waals surface area (Å²) in [6.07, 6.45) is 0. The van der Waals surface area contributed by atoms with Gasteiger partial charge in [0.15, 0.2) is 5.75 Å². The Bertz CT molecular complexity index is 679. The molecule has 6 heteroatoms. The fourth-order valence-electron chi connectivity index (χ4n) is 1.76. The van der Waals surface area contributed by atoms with Crippen molar-refractivity contribution in [3.63, 3.8) is 0 Å². The van der Waals surface area contributed by atoms with Crippen LogP contribution < -0.4 is 4.74 Å². The third-order valence-corrected chi connectivity index (χ3v) is 2.92.